The third-order valence-corrected chi connectivity index (χ3v) is 5.28. The van der Waals surface area contributed by atoms with E-state index >= 15 is 0 Å². The molecule has 1 saturated carbocycles. The molecule has 21 heavy (non-hydrogen) atoms. The molecular weight excluding hydrogens is 259 g/mol. The van der Waals surface area contributed by atoms with Gasteiger partial charge >= 0.3 is 7.12 Å². The van der Waals surface area contributed by atoms with E-state index in [1.165, 1.54) is 24.0 Å². The van der Waals surface area contributed by atoms with Crippen LogP contribution in [0, 0.1) is 0 Å². The van der Waals surface area contributed by atoms with Gasteiger partial charge in [-0.05, 0) is 69.0 Å². The molecule has 0 unspecified atom stereocenters. The Morgan fingerprint density at radius 3 is 2.10 bits per heavy atom. The van der Waals surface area contributed by atoms with Crippen molar-refractivity contribution in [2.24, 2.45) is 0 Å². The monoisotopic (exact) mass is 286 g/mol. The Balaban J connectivity index is 1.92. The highest BCUT2D eigenvalue weighted by Gasteiger charge is 2.51. The van der Waals surface area contributed by atoms with Gasteiger partial charge in [0.2, 0.25) is 0 Å². The molecule has 1 aromatic carbocycles. The molecule has 0 aromatic heterocycles. The predicted octanol–water partition coefficient (Wildman–Crippen LogP) is 3.99. The maximum Gasteiger partial charge on any atom is 0.494 e. The fourth-order valence-electron chi connectivity index (χ4n) is 2.99. The minimum Gasteiger partial charge on any atom is -0.399 e. The molecule has 1 aromatic rings. The quantitative estimate of drug-likeness (QED) is 0.782. The summed E-state index contributed by atoms with van der Waals surface area (Å²) in [6, 6.07) is 6.80. The second-order valence-corrected chi connectivity index (χ2v) is 7.91. The standard InChI is InChI=1S/C18H27BO2/c1-12(2)16-11-14(9-10-15(16)13-7-8-13)19-20-17(3,4)18(5,6)21-19/h9-13H,7-8H2,1-6H3. The van der Waals surface area contributed by atoms with Gasteiger partial charge in [-0.25, -0.2) is 0 Å². The molecule has 0 N–H and O–H groups in total. The lowest BCUT2D eigenvalue weighted by Gasteiger charge is -2.32. The van der Waals surface area contributed by atoms with Crippen LogP contribution in [0.4, 0.5) is 0 Å². The Bertz CT molecular complexity index is 528. The van der Waals surface area contributed by atoms with Crippen LogP contribution in [0.15, 0.2) is 18.2 Å². The number of benzene rings is 1. The molecule has 114 valence electrons. The van der Waals surface area contributed by atoms with E-state index in [4.69, 9.17) is 9.31 Å². The largest absolute Gasteiger partial charge is 0.494 e. The summed E-state index contributed by atoms with van der Waals surface area (Å²) in [4.78, 5) is 0. The summed E-state index contributed by atoms with van der Waals surface area (Å²) in [7, 11) is -0.249. The Kier molecular flexibility index (Phi) is 3.49. The third-order valence-electron chi connectivity index (χ3n) is 5.28. The van der Waals surface area contributed by atoms with Crippen molar-refractivity contribution in [1.29, 1.82) is 0 Å². The second-order valence-electron chi connectivity index (χ2n) is 7.91. The Hall–Kier alpha value is -0.795. The van der Waals surface area contributed by atoms with Crippen LogP contribution in [0.25, 0.3) is 0 Å². The Labute approximate surface area is 129 Å². The van der Waals surface area contributed by atoms with Gasteiger partial charge in [0, 0.05) is 0 Å². The van der Waals surface area contributed by atoms with Crippen LogP contribution >= 0.6 is 0 Å². The SMILES string of the molecule is CC(C)c1cc(B2OC(C)(C)C(C)(C)O2)ccc1C1CC1. The summed E-state index contributed by atoms with van der Waals surface area (Å²) in [6.45, 7) is 13.0. The van der Waals surface area contributed by atoms with Crippen molar-refractivity contribution in [2.45, 2.75) is 77.4 Å². The Morgan fingerprint density at radius 1 is 1.05 bits per heavy atom. The second kappa shape index (κ2) is 4.86. The van der Waals surface area contributed by atoms with E-state index in [2.05, 4.69) is 59.7 Å². The van der Waals surface area contributed by atoms with E-state index in [1.807, 2.05) is 0 Å². The summed E-state index contributed by atoms with van der Waals surface area (Å²) in [5.41, 5.74) is 3.60. The van der Waals surface area contributed by atoms with E-state index < -0.39 is 0 Å². The van der Waals surface area contributed by atoms with Crippen LogP contribution in [0.3, 0.4) is 0 Å². The summed E-state index contributed by atoms with van der Waals surface area (Å²) in [5, 5.41) is 0. The van der Waals surface area contributed by atoms with Crippen LogP contribution < -0.4 is 5.46 Å². The highest BCUT2D eigenvalue weighted by molar-refractivity contribution is 6.62. The number of rotatable bonds is 3. The van der Waals surface area contributed by atoms with Crippen molar-refractivity contribution in [3.8, 4) is 0 Å². The van der Waals surface area contributed by atoms with E-state index in [9.17, 15) is 0 Å². The van der Waals surface area contributed by atoms with E-state index in [0.29, 0.717) is 5.92 Å². The van der Waals surface area contributed by atoms with Gasteiger partial charge in [0.1, 0.15) is 0 Å². The van der Waals surface area contributed by atoms with Crippen LogP contribution in [0.5, 0.6) is 0 Å². The predicted molar refractivity (Wildman–Crippen MR) is 88.2 cm³/mol. The molecule has 3 rings (SSSR count). The van der Waals surface area contributed by atoms with Crippen LogP contribution in [-0.4, -0.2) is 18.3 Å². The summed E-state index contributed by atoms with van der Waals surface area (Å²) >= 11 is 0. The van der Waals surface area contributed by atoms with E-state index in [1.54, 1.807) is 0 Å². The first-order valence-corrected chi connectivity index (χ1v) is 8.20. The van der Waals surface area contributed by atoms with Gasteiger partial charge in [-0.3, -0.25) is 0 Å². The lowest BCUT2D eigenvalue weighted by molar-refractivity contribution is 0.00578. The van der Waals surface area contributed by atoms with Crippen molar-refractivity contribution in [1.82, 2.24) is 0 Å². The van der Waals surface area contributed by atoms with E-state index in [0.717, 1.165) is 11.4 Å². The van der Waals surface area contributed by atoms with Crippen LogP contribution in [0.2, 0.25) is 0 Å². The summed E-state index contributed by atoms with van der Waals surface area (Å²) in [6.07, 6.45) is 2.69. The first-order chi connectivity index (χ1) is 9.71. The number of hydrogen-bond acceptors (Lipinski definition) is 2. The highest BCUT2D eigenvalue weighted by atomic mass is 16.7. The smallest absolute Gasteiger partial charge is 0.399 e. The average molecular weight is 286 g/mol. The highest BCUT2D eigenvalue weighted by Crippen LogP contribution is 2.43. The van der Waals surface area contributed by atoms with Gasteiger partial charge in [-0.2, -0.15) is 0 Å². The van der Waals surface area contributed by atoms with Crippen molar-refractivity contribution in [2.75, 3.05) is 0 Å². The molecule has 0 amide bonds. The fourth-order valence-corrected chi connectivity index (χ4v) is 2.99. The zero-order valence-electron chi connectivity index (χ0n) is 14.2. The molecule has 2 aliphatic rings. The maximum absolute atomic E-state index is 6.18. The van der Waals surface area contributed by atoms with Crippen molar-refractivity contribution in [3.05, 3.63) is 29.3 Å². The average Bonchev–Trinajstić information content (AvgIpc) is 3.17. The topological polar surface area (TPSA) is 18.5 Å². The minimum atomic E-state index is -0.273. The van der Waals surface area contributed by atoms with E-state index in [-0.39, 0.29) is 18.3 Å². The molecule has 2 nitrogen and oxygen atoms in total. The third kappa shape index (κ3) is 2.66. The molecule has 1 saturated heterocycles. The first-order valence-electron chi connectivity index (χ1n) is 8.20. The molecular formula is C18H27BO2. The van der Waals surface area contributed by atoms with Gasteiger partial charge in [-0.15, -0.1) is 0 Å². The Morgan fingerprint density at radius 2 is 1.62 bits per heavy atom. The van der Waals surface area contributed by atoms with Crippen molar-refractivity contribution < 1.29 is 9.31 Å². The van der Waals surface area contributed by atoms with Gasteiger partial charge in [0.25, 0.3) is 0 Å². The fraction of sp³-hybridized carbons (Fsp3) is 0.667. The molecule has 0 atom stereocenters. The van der Waals surface area contributed by atoms with Crippen LogP contribution in [0.1, 0.15) is 77.3 Å². The lowest BCUT2D eigenvalue weighted by Crippen LogP contribution is -2.41. The van der Waals surface area contributed by atoms with Crippen molar-refractivity contribution >= 4 is 12.6 Å². The molecule has 1 aliphatic carbocycles. The summed E-state index contributed by atoms with van der Waals surface area (Å²) in [5.74, 6) is 1.33. The zero-order valence-corrected chi connectivity index (χ0v) is 14.2. The molecule has 0 bridgehead atoms. The maximum atomic E-state index is 6.18. The zero-order chi connectivity index (χ0) is 15.4. The number of hydrogen-bond donors (Lipinski definition) is 0. The molecule has 2 fully saturated rings. The molecule has 1 heterocycles. The molecule has 1 aliphatic heterocycles. The summed E-state index contributed by atoms with van der Waals surface area (Å²) < 4.78 is 12.4. The van der Waals surface area contributed by atoms with Crippen molar-refractivity contribution in [3.63, 3.8) is 0 Å². The van der Waals surface area contributed by atoms with Crippen LogP contribution in [-0.2, 0) is 9.31 Å². The molecule has 3 heteroatoms. The van der Waals surface area contributed by atoms with Gasteiger partial charge in [0.05, 0.1) is 11.2 Å². The molecule has 0 radical (unpaired) electrons. The van der Waals surface area contributed by atoms with Gasteiger partial charge in [0.15, 0.2) is 0 Å². The first kappa shape index (κ1) is 15.1. The molecule has 0 spiro atoms. The normalized spacial score (nSPS) is 23.9. The lowest BCUT2D eigenvalue weighted by atomic mass is 9.76. The van der Waals surface area contributed by atoms with Gasteiger partial charge < -0.3 is 9.31 Å². The minimum absolute atomic E-state index is 0.249. The van der Waals surface area contributed by atoms with Gasteiger partial charge in [-0.1, -0.05) is 32.0 Å².